The lowest BCUT2D eigenvalue weighted by Crippen LogP contribution is -2.13. The molecular formula is C14H16N2O3. The summed E-state index contributed by atoms with van der Waals surface area (Å²) in [7, 11) is 1.63. The van der Waals surface area contributed by atoms with E-state index < -0.39 is 0 Å². The first kappa shape index (κ1) is 13.1. The number of aromatic nitrogens is 2. The van der Waals surface area contributed by atoms with Crippen LogP contribution in [0, 0.1) is 0 Å². The minimum atomic E-state index is -0.285. The van der Waals surface area contributed by atoms with E-state index >= 15 is 0 Å². The molecule has 5 heteroatoms. The van der Waals surface area contributed by atoms with Gasteiger partial charge in [0.15, 0.2) is 0 Å². The second-order valence-corrected chi connectivity index (χ2v) is 3.93. The monoisotopic (exact) mass is 260 g/mol. The van der Waals surface area contributed by atoms with Crippen molar-refractivity contribution in [3.63, 3.8) is 0 Å². The van der Waals surface area contributed by atoms with Gasteiger partial charge < -0.3 is 9.47 Å². The van der Waals surface area contributed by atoms with Crippen molar-refractivity contribution in [2.24, 2.45) is 0 Å². The molecule has 1 aromatic heterocycles. The zero-order valence-electron chi connectivity index (χ0n) is 11.0. The zero-order valence-corrected chi connectivity index (χ0v) is 11.0. The molecule has 0 aliphatic heterocycles. The fourth-order valence-corrected chi connectivity index (χ4v) is 1.70. The van der Waals surface area contributed by atoms with Crippen molar-refractivity contribution in [3.05, 3.63) is 36.5 Å². The summed E-state index contributed by atoms with van der Waals surface area (Å²) in [4.78, 5) is 11.3. The highest BCUT2D eigenvalue weighted by atomic mass is 16.5. The maximum atomic E-state index is 11.3. The Morgan fingerprint density at radius 1 is 1.26 bits per heavy atom. The number of methoxy groups -OCH3 is 1. The number of rotatable bonds is 5. The number of carbonyl (C=O) groups is 1. The summed E-state index contributed by atoms with van der Waals surface area (Å²) in [5.74, 6) is 0.515. The molecule has 0 unspecified atom stereocenters. The molecule has 2 rings (SSSR count). The van der Waals surface area contributed by atoms with E-state index in [9.17, 15) is 4.79 Å². The fourth-order valence-electron chi connectivity index (χ4n) is 1.70. The first-order chi connectivity index (χ1) is 9.22. The van der Waals surface area contributed by atoms with Gasteiger partial charge in [0, 0.05) is 11.8 Å². The van der Waals surface area contributed by atoms with Gasteiger partial charge in [0.05, 0.1) is 19.4 Å². The summed E-state index contributed by atoms with van der Waals surface area (Å²) in [5.41, 5.74) is 1.79. The molecule has 0 bridgehead atoms. The number of hydrogen-bond donors (Lipinski definition) is 0. The predicted molar refractivity (Wildman–Crippen MR) is 70.8 cm³/mol. The average Bonchev–Trinajstić information content (AvgIpc) is 2.87. The molecule has 0 aliphatic carbocycles. The third-order valence-electron chi connectivity index (χ3n) is 2.62. The van der Waals surface area contributed by atoms with Crippen molar-refractivity contribution >= 4 is 5.97 Å². The smallest absolute Gasteiger partial charge is 0.327 e. The van der Waals surface area contributed by atoms with Crippen LogP contribution in [-0.2, 0) is 16.1 Å². The number of esters is 1. The molecule has 0 amide bonds. The fraction of sp³-hybridized carbons (Fsp3) is 0.286. The van der Waals surface area contributed by atoms with E-state index in [1.807, 2.05) is 30.3 Å². The minimum Gasteiger partial charge on any atom is -0.497 e. The maximum absolute atomic E-state index is 11.3. The number of carbonyl (C=O) groups excluding carboxylic acids is 1. The molecule has 0 fully saturated rings. The summed E-state index contributed by atoms with van der Waals surface area (Å²) < 4.78 is 11.5. The second kappa shape index (κ2) is 6.04. The van der Waals surface area contributed by atoms with Crippen LogP contribution in [-0.4, -0.2) is 29.5 Å². The SMILES string of the molecule is CCOC(=O)Cn1ccc(-c2ccc(OC)cc2)n1. The molecule has 0 saturated heterocycles. The van der Waals surface area contributed by atoms with Crippen LogP contribution in [0.25, 0.3) is 11.3 Å². The highest BCUT2D eigenvalue weighted by Gasteiger charge is 2.06. The van der Waals surface area contributed by atoms with Gasteiger partial charge in [-0.25, -0.2) is 0 Å². The standard InChI is InChI=1S/C14H16N2O3/c1-3-19-14(17)10-16-9-8-13(15-16)11-4-6-12(18-2)7-5-11/h4-9H,3,10H2,1-2H3. The van der Waals surface area contributed by atoms with Crippen LogP contribution in [0.1, 0.15) is 6.92 Å². The molecule has 2 aromatic rings. The lowest BCUT2D eigenvalue weighted by atomic mass is 10.1. The zero-order chi connectivity index (χ0) is 13.7. The molecule has 0 spiro atoms. The van der Waals surface area contributed by atoms with Gasteiger partial charge >= 0.3 is 5.97 Å². The van der Waals surface area contributed by atoms with Crippen molar-refractivity contribution in [1.29, 1.82) is 0 Å². The minimum absolute atomic E-state index is 0.129. The van der Waals surface area contributed by atoms with Gasteiger partial charge in [-0.2, -0.15) is 5.10 Å². The van der Waals surface area contributed by atoms with Gasteiger partial charge in [-0.05, 0) is 37.3 Å². The first-order valence-electron chi connectivity index (χ1n) is 6.06. The Hall–Kier alpha value is -2.30. The van der Waals surface area contributed by atoms with Gasteiger partial charge in [0.2, 0.25) is 0 Å². The molecule has 5 nitrogen and oxygen atoms in total. The Morgan fingerprint density at radius 2 is 2.00 bits per heavy atom. The summed E-state index contributed by atoms with van der Waals surface area (Å²) in [6, 6.07) is 9.46. The van der Waals surface area contributed by atoms with Gasteiger partial charge in [-0.15, -0.1) is 0 Å². The highest BCUT2D eigenvalue weighted by Crippen LogP contribution is 2.20. The molecule has 0 aliphatic rings. The van der Waals surface area contributed by atoms with Crippen LogP contribution in [0.5, 0.6) is 5.75 Å². The van der Waals surface area contributed by atoms with Gasteiger partial charge in [-0.3, -0.25) is 9.48 Å². The molecule has 100 valence electrons. The maximum Gasteiger partial charge on any atom is 0.327 e. The van der Waals surface area contributed by atoms with Crippen molar-refractivity contribution in [1.82, 2.24) is 9.78 Å². The van der Waals surface area contributed by atoms with Gasteiger partial charge in [-0.1, -0.05) is 0 Å². The molecule has 19 heavy (non-hydrogen) atoms. The summed E-state index contributed by atoms with van der Waals surface area (Å²) in [6.45, 7) is 2.29. The molecule has 0 radical (unpaired) electrons. The van der Waals surface area contributed by atoms with Crippen LogP contribution in [0.4, 0.5) is 0 Å². The summed E-state index contributed by atoms with van der Waals surface area (Å²) in [5, 5.41) is 4.33. The normalized spacial score (nSPS) is 10.2. The number of benzene rings is 1. The Balaban J connectivity index is 2.09. The average molecular weight is 260 g/mol. The Labute approximate surface area is 111 Å². The second-order valence-electron chi connectivity index (χ2n) is 3.93. The predicted octanol–water partition coefficient (Wildman–Crippen LogP) is 2.12. The van der Waals surface area contributed by atoms with Gasteiger partial charge in [0.25, 0.3) is 0 Å². The van der Waals surface area contributed by atoms with Crippen LogP contribution >= 0.6 is 0 Å². The van der Waals surface area contributed by atoms with Crippen LogP contribution in [0.3, 0.4) is 0 Å². The van der Waals surface area contributed by atoms with Crippen LogP contribution < -0.4 is 4.74 Å². The van der Waals surface area contributed by atoms with E-state index in [-0.39, 0.29) is 12.5 Å². The van der Waals surface area contributed by atoms with E-state index in [0.717, 1.165) is 17.0 Å². The first-order valence-corrected chi connectivity index (χ1v) is 6.06. The number of ether oxygens (including phenoxy) is 2. The van der Waals surface area contributed by atoms with Gasteiger partial charge in [0.1, 0.15) is 12.3 Å². The molecule has 0 atom stereocenters. The topological polar surface area (TPSA) is 53.4 Å². The van der Waals surface area contributed by atoms with Crippen molar-refractivity contribution in [3.8, 4) is 17.0 Å². The van der Waals surface area contributed by atoms with Crippen molar-refractivity contribution in [2.75, 3.05) is 13.7 Å². The molecular weight excluding hydrogens is 244 g/mol. The van der Waals surface area contributed by atoms with Crippen molar-refractivity contribution < 1.29 is 14.3 Å². The molecule has 1 aromatic carbocycles. The Kier molecular flexibility index (Phi) is 4.18. The third kappa shape index (κ3) is 3.34. The Morgan fingerprint density at radius 3 is 2.63 bits per heavy atom. The number of hydrogen-bond acceptors (Lipinski definition) is 4. The van der Waals surface area contributed by atoms with E-state index in [0.29, 0.717) is 6.61 Å². The molecule has 0 N–H and O–H groups in total. The van der Waals surface area contributed by atoms with E-state index in [4.69, 9.17) is 9.47 Å². The third-order valence-corrected chi connectivity index (χ3v) is 2.62. The summed E-state index contributed by atoms with van der Waals surface area (Å²) >= 11 is 0. The van der Waals surface area contributed by atoms with E-state index in [2.05, 4.69) is 5.10 Å². The quantitative estimate of drug-likeness (QED) is 0.773. The highest BCUT2D eigenvalue weighted by molar-refractivity contribution is 5.69. The van der Waals surface area contributed by atoms with Crippen LogP contribution in [0.15, 0.2) is 36.5 Å². The van der Waals surface area contributed by atoms with E-state index in [1.165, 1.54) is 0 Å². The van der Waals surface area contributed by atoms with Crippen molar-refractivity contribution in [2.45, 2.75) is 13.5 Å². The summed E-state index contributed by atoms with van der Waals surface area (Å²) in [6.07, 6.45) is 1.76. The lowest BCUT2D eigenvalue weighted by molar-refractivity contribution is -0.144. The Bertz CT molecular complexity index is 546. The van der Waals surface area contributed by atoms with E-state index in [1.54, 1.807) is 24.9 Å². The molecule has 0 saturated carbocycles. The number of nitrogens with zero attached hydrogens (tertiary/aromatic N) is 2. The van der Waals surface area contributed by atoms with Crippen LogP contribution in [0.2, 0.25) is 0 Å². The molecule has 1 heterocycles. The lowest BCUT2D eigenvalue weighted by Gasteiger charge is -2.02. The largest absolute Gasteiger partial charge is 0.497 e.